The normalized spacial score (nSPS) is 18.3. The Bertz CT molecular complexity index is 1310. The van der Waals surface area contributed by atoms with Gasteiger partial charge in [-0.3, -0.25) is 14.3 Å². The molecule has 10 heteroatoms. The highest BCUT2D eigenvalue weighted by atomic mass is 35.5. The molecule has 1 aromatic heterocycles. The number of nitrogens with zero attached hydrogens (tertiary/aromatic N) is 2. The number of amides is 1. The molecule has 3 aromatic rings. The smallest absolute Gasteiger partial charge is 0.439 e. The lowest BCUT2D eigenvalue weighted by molar-refractivity contribution is -0.133. The lowest BCUT2D eigenvalue weighted by atomic mass is 9.92. The summed E-state index contributed by atoms with van der Waals surface area (Å²) in [6.45, 7) is 8.35. The Morgan fingerprint density at radius 1 is 1.11 bits per heavy atom. The molecule has 0 aliphatic carbocycles. The predicted molar refractivity (Wildman–Crippen MR) is 130 cm³/mol. The van der Waals surface area contributed by atoms with E-state index < -0.39 is 23.9 Å². The molecule has 0 fully saturated rings. The zero-order valence-electron chi connectivity index (χ0n) is 20.5. The van der Waals surface area contributed by atoms with Gasteiger partial charge in [-0.1, -0.05) is 49.7 Å². The van der Waals surface area contributed by atoms with Crippen molar-refractivity contribution in [3.05, 3.63) is 68.4 Å². The zero-order chi connectivity index (χ0) is 25.5. The van der Waals surface area contributed by atoms with Gasteiger partial charge in [0, 0.05) is 22.7 Å². The molecule has 1 aliphatic heterocycles. The molecule has 2 heterocycles. The first-order chi connectivity index (χ1) is 16.6. The van der Waals surface area contributed by atoms with Crippen LogP contribution in [0, 0.1) is 12.3 Å². The van der Waals surface area contributed by atoms with E-state index in [-0.39, 0.29) is 11.2 Å². The van der Waals surface area contributed by atoms with Gasteiger partial charge in [-0.25, -0.2) is 4.79 Å². The van der Waals surface area contributed by atoms with E-state index in [2.05, 4.69) is 10.1 Å². The molecule has 0 radical (unpaired) electrons. The van der Waals surface area contributed by atoms with Crippen LogP contribution in [-0.4, -0.2) is 36.8 Å². The van der Waals surface area contributed by atoms with Crippen molar-refractivity contribution in [1.82, 2.24) is 10.1 Å². The molecule has 1 N–H and O–H groups in total. The quantitative estimate of drug-likeness (QED) is 0.545. The predicted octanol–water partition coefficient (Wildman–Crippen LogP) is 4.58. The van der Waals surface area contributed by atoms with Crippen LogP contribution in [0.15, 0.2) is 39.6 Å². The number of hydrogen-bond donors (Lipinski definition) is 1. The second-order valence-corrected chi connectivity index (χ2v) is 9.96. The minimum atomic E-state index is -1.25. The monoisotopic (exact) mass is 501 g/mol. The molecular formula is C25H28ClN3O6. The van der Waals surface area contributed by atoms with Crippen molar-refractivity contribution in [3.8, 4) is 11.5 Å². The van der Waals surface area contributed by atoms with Gasteiger partial charge in [0.05, 0.1) is 19.9 Å². The van der Waals surface area contributed by atoms with Crippen molar-refractivity contribution in [2.75, 3.05) is 25.7 Å². The third kappa shape index (κ3) is 4.66. The highest BCUT2D eigenvalue weighted by Gasteiger charge is 2.42. The molecular weight excluding hydrogens is 474 g/mol. The molecule has 0 unspecified atom stereocenters. The van der Waals surface area contributed by atoms with E-state index in [1.165, 1.54) is 7.11 Å². The van der Waals surface area contributed by atoms with Gasteiger partial charge in [-0.05, 0) is 36.1 Å². The molecule has 2 aromatic carbocycles. The number of nitrogens with one attached hydrogen (secondary N) is 1. The van der Waals surface area contributed by atoms with Gasteiger partial charge in [0.2, 0.25) is 0 Å². The number of aromatic nitrogens is 2. The highest BCUT2D eigenvalue weighted by molar-refractivity contribution is 6.31. The summed E-state index contributed by atoms with van der Waals surface area (Å²) < 4.78 is 22.4. The second kappa shape index (κ2) is 9.39. The number of rotatable bonds is 5. The maximum atomic E-state index is 14.0. The first-order valence-electron chi connectivity index (χ1n) is 11.1. The average Bonchev–Trinajstić information content (AvgIpc) is 3.20. The Morgan fingerprint density at radius 2 is 1.86 bits per heavy atom. The summed E-state index contributed by atoms with van der Waals surface area (Å²) in [6.07, 6.45) is -2.07. The van der Waals surface area contributed by atoms with Crippen molar-refractivity contribution in [2.24, 2.45) is 5.41 Å². The fourth-order valence-electron chi connectivity index (χ4n) is 4.30. The Balaban J connectivity index is 2.03. The van der Waals surface area contributed by atoms with Gasteiger partial charge in [-0.15, -0.1) is 0 Å². The van der Waals surface area contributed by atoms with E-state index in [4.69, 9.17) is 30.3 Å². The van der Waals surface area contributed by atoms with E-state index in [0.29, 0.717) is 39.9 Å². The van der Waals surface area contributed by atoms with Gasteiger partial charge < -0.3 is 19.1 Å². The van der Waals surface area contributed by atoms with E-state index in [1.807, 2.05) is 45.9 Å². The minimum absolute atomic E-state index is 0.0256. The van der Waals surface area contributed by atoms with Gasteiger partial charge in [0.1, 0.15) is 6.10 Å². The molecule has 1 aliphatic rings. The maximum absolute atomic E-state index is 14.0. The summed E-state index contributed by atoms with van der Waals surface area (Å²) in [5.41, 5.74) is 2.47. The Kier molecular flexibility index (Phi) is 6.66. The summed E-state index contributed by atoms with van der Waals surface area (Å²) in [5, 5.41) is 4.30. The number of anilines is 1. The van der Waals surface area contributed by atoms with Crippen LogP contribution in [0.4, 0.5) is 5.69 Å². The van der Waals surface area contributed by atoms with Crippen molar-refractivity contribution in [3.63, 3.8) is 0 Å². The molecule has 0 bridgehead atoms. The Morgan fingerprint density at radius 3 is 2.46 bits per heavy atom. The Hall–Kier alpha value is -3.30. The van der Waals surface area contributed by atoms with Crippen molar-refractivity contribution < 1.29 is 23.5 Å². The summed E-state index contributed by atoms with van der Waals surface area (Å²) in [4.78, 5) is 29.9. The number of fused-ring (bicyclic) bond motifs is 1. The number of ether oxygens (including phenoxy) is 3. The number of carbonyl (C=O) groups is 1. The minimum Gasteiger partial charge on any atom is -0.493 e. The molecule has 186 valence electrons. The number of carbonyl (C=O) groups excluding carboxylic acids is 1. The first kappa shape index (κ1) is 24.8. The van der Waals surface area contributed by atoms with Gasteiger partial charge in [0.25, 0.3) is 5.91 Å². The number of methoxy groups -OCH3 is 2. The van der Waals surface area contributed by atoms with Gasteiger partial charge in [0.15, 0.2) is 23.4 Å². The molecule has 0 saturated carbocycles. The highest BCUT2D eigenvalue weighted by Crippen LogP contribution is 2.48. The van der Waals surface area contributed by atoms with Gasteiger partial charge >= 0.3 is 5.76 Å². The first-order valence-corrected chi connectivity index (χ1v) is 11.5. The number of para-hydroxylation sites is 1. The van der Waals surface area contributed by atoms with Crippen LogP contribution in [0.5, 0.6) is 11.5 Å². The lowest BCUT2D eigenvalue weighted by Gasteiger charge is -2.31. The largest absolute Gasteiger partial charge is 0.493 e. The lowest BCUT2D eigenvalue weighted by Crippen LogP contribution is -2.41. The van der Waals surface area contributed by atoms with Crippen LogP contribution >= 0.6 is 11.6 Å². The number of benzene rings is 2. The molecule has 1 amide bonds. The summed E-state index contributed by atoms with van der Waals surface area (Å²) >= 11 is 6.57. The van der Waals surface area contributed by atoms with E-state index in [0.717, 1.165) is 5.56 Å². The fraction of sp³-hybridized carbons (Fsp3) is 0.400. The number of H-pyrrole nitrogens is 1. The van der Waals surface area contributed by atoms with Crippen molar-refractivity contribution >= 4 is 23.2 Å². The third-order valence-electron chi connectivity index (χ3n) is 5.79. The third-order valence-corrected chi connectivity index (χ3v) is 6.20. The molecule has 0 spiro atoms. The van der Waals surface area contributed by atoms with Crippen molar-refractivity contribution in [1.29, 1.82) is 0 Å². The maximum Gasteiger partial charge on any atom is 0.439 e. The molecule has 2 atom stereocenters. The molecule has 4 rings (SSSR count). The topological polar surface area (TPSA) is 107 Å². The van der Waals surface area contributed by atoms with E-state index in [1.54, 1.807) is 24.1 Å². The van der Waals surface area contributed by atoms with Crippen LogP contribution < -0.4 is 20.1 Å². The van der Waals surface area contributed by atoms with E-state index >= 15 is 0 Å². The summed E-state index contributed by atoms with van der Waals surface area (Å²) in [7, 11) is 3.08. The molecule has 9 nitrogen and oxygen atoms in total. The Labute approximate surface area is 207 Å². The van der Waals surface area contributed by atoms with Crippen molar-refractivity contribution in [2.45, 2.75) is 39.9 Å². The number of hydrogen-bond acceptors (Lipinski definition) is 7. The standard InChI is InChI=1S/C25H28ClN3O6/c1-13-15(26)10-11-16-18(13)20(14-8-7-9-17(32-5)19(14)33-6)34-21(22-27-24(31)35-28-22)23(30)29(16)12-25(2,3)4/h7-11,20-21H,12H2,1-6H3,(H,27,28,31)/t20-,21-/m1/s1. The van der Waals surface area contributed by atoms with Gasteiger partial charge in [-0.2, -0.15) is 0 Å². The average molecular weight is 502 g/mol. The second-order valence-electron chi connectivity index (χ2n) is 9.55. The summed E-state index contributed by atoms with van der Waals surface area (Å²) in [5.74, 6) is -0.243. The SMILES string of the molecule is COc1cccc([C@H]2O[C@H](c3noc(=O)[nH]3)C(=O)N(CC(C)(C)C)c3ccc(Cl)c(C)c32)c1OC. The molecule has 35 heavy (non-hydrogen) atoms. The van der Waals surface area contributed by atoms with Crippen LogP contribution in [0.1, 0.15) is 55.5 Å². The van der Waals surface area contributed by atoms with E-state index in [9.17, 15) is 9.59 Å². The summed E-state index contributed by atoms with van der Waals surface area (Å²) in [6, 6.07) is 8.99. The molecule has 0 saturated heterocycles. The fourth-order valence-corrected chi connectivity index (χ4v) is 4.46. The van der Waals surface area contributed by atoms with Crippen LogP contribution in [0.25, 0.3) is 0 Å². The number of halogens is 1. The van der Waals surface area contributed by atoms with Crippen LogP contribution in [0.3, 0.4) is 0 Å². The van der Waals surface area contributed by atoms with Crippen LogP contribution in [0.2, 0.25) is 5.02 Å². The van der Waals surface area contributed by atoms with Crippen LogP contribution in [-0.2, 0) is 9.53 Å². The number of aromatic amines is 1. The zero-order valence-corrected chi connectivity index (χ0v) is 21.2.